The first kappa shape index (κ1) is 12.7. The third-order valence-electron chi connectivity index (χ3n) is 2.37. The SMILES string of the molecule is CCOC(=O)[C@@]1(C)CCCNC1.Cl. The van der Waals surface area contributed by atoms with Crippen LogP contribution in [0.5, 0.6) is 0 Å². The fraction of sp³-hybridized carbons (Fsp3) is 0.889. The summed E-state index contributed by atoms with van der Waals surface area (Å²) in [6.07, 6.45) is 2.01. The molecule has 0 aliphatic carbocycles. The predicted octanol–water partition coefficient (Wildman–Crippen LogP) is 1.36. The fourth-order valence-electron chi connectivity index (χ4n) is 1.54. The van der Waals surface area contributed by atoms with Gasteiger partial charge in [-0.05, 0) is 33.2 Å². The standard InChI is InChI=1S/C9H17NO2.ClH/c1-3-12-8(11)9(2)5-4-6-10-7-9;/h10H,3-7H2,1-2H3;1H/t9-;/m0./s1. The lowest BCUT2D eigenvalue weighted by molar-refractivity contribution is -0.155. The molecule has 0 spiro atoms. The summed E-state index contributed by atoms with van der Waals surface area (Å²) in [5.41, 5.74) is -0.283. The van der Waals surface area contributed by atoms with Crippen LogP contribution in [-0.4, -0.2) is 25.7 Å². The van der Waals surface area contributed by atoms with Gasteiger partial charge in [0, 0.05) is 6.54 Å². The van der Waals surface area contributed by atoms with Gasteiger partial charge in [-0.15, -0.1) is 12.4 Å². The molecule has 4 heteroatoms. The van der Waals surface area contributed by atoms with Gasteiger partial charge >= 0.3 is 5.97 Å². The Kier molecular flexibility index (Phi) is 5.33. The Bertz CT molecular complexity index is 167. The molecule has 1 fully saturated rings. The minimum atomic E-state index is -0.283. The van der Waals surface area contributed by atoms with Gasteiger partial charge in [-0.2, -0.15) is 0 Å². The second-order valence-electron chi connectivity index (χ2n) is 3.56. The van der Waals surface area contributed by atoms with Crippen molar-refractivity contribution in [1.82, 2.24) is 5.32 Å². The van der Waals surface area contributed by atoms with Gasteiger partial charge in [-0.25, -0.2) is 0 Å². The van der Waals surface area contributed by atoms with Crippen LogP contribution < -0.4 is 5.32 Å². The van der Waals surface area contributed by atoms with Crippen LogP contribution in [0.25, 0.3) is 0 Å². The molecule has 0 aromatic rings. The molecular formula is C9H18ClNO2. The summed E-state index contributed by atoms with van der Waals surface area (Å²) in [5.74, 6) is -0.0581. The second kappa shape index (κ2) is 5.45. The minimum Gasteiger partial charge on any atom is -0.466 e. The molecule has 1 atom stereocenters. The van der Waals surface area contributed by atoms with E-state index in [1.807, 2.05) is 13.8 Å². The van der Waals surface area contributed by atoms with Crippen molar-refractivity contribution in [2.75, 3.05) is 19.7 Å². The molecule has 0 saturated carbocycles. The zero-order valence-corrected chi connectivity index (χ0v) is 9.08. The number of halogens is 1. The third-order valence-corrected chi connectivity index (χ3v) is 2.37. The highest BCUT2D eigenvalue weighted by Gasteiger charge is 2.35. The average Bonchev–Trinajstić information content (AvgIpc) is 2.06. The van der Waals surface area contributed by atoms with E-state index >= 15 is 0 Å². The molecular weight excluding hydrogens is 190 g/mol. The van der Waals surface area contributed by atoms with Gasteiger partial charge in [-0.1, -0.05) is 0 Å². The van der Waals surface area contributed by atoms with E-state index < -0.39 is 0 Å². The van der Waals surface area contributed by atoms with Crippen LogP contribution in [0.15, 0.2) is 0 Å². The van der Waals surface area contributed by atoms with Gasteiger partial charge in [0.1, 0.15) is 0 Å². The van der Waals surface area contributed by atoms with E-state index in [0.29, 0.717) is 6.61 Å². The Labute approximate surface area is 85.6 Å². The predicted molar refractivity (Wildman–Crippen MR) is 54.1 cm³/mol. The zero-order valence-electron chi connectivity index (χ0n) is 8.26. The molecule has 78 valence electrons. The normalized spacial score (nSPS) is 27.5. The highest BCUT2D eigenvalue weighted by atomic mass is 35.5. The van der Waals surface area contributed by atoms with Crippen LogP contribution >= 0.6 is 12.4 Å². The molecule has 1 aliphatic rings. The van der Waals surface area contributed by atoms with Gasteiger partial charge in [0.25, 0.3) is 0 Å². The summed E-state index contributed by atoms with van der Waals surface area (Å²) in [5, 5.41) is 3.21. The first-order valence-corrected chi connectivity index (χ1v) is 4.57. The van der Waals surface area contributed by atoms with Crippen molar-refractivity contribution in [3.05, 3.63) is 0 Å². The van der Waals surface area contributed by atoms with Crippen molar-refractivity contribution in [2.24, 2.45) is 5.41 Å². The van der Waals surface area contributed by atoms with E-state index in [4.69, 9.17) is 4.74 Å². The highest BCUT2D eigenvalue weighted by molar-refractivity contribution is 5.85. The van der Waals surface area contributed by atoms with Crippen LogP contribution in [0.2, 0.25) is 0 Å². The summed E-state index contributed by atoms with van der Waals surface area (Å²) >= 11 is 0. The van der Waals surface area contributed by atoms with Crippen LogP contribution in [0.3, 0.4) is 0 Å². The fourth-order valence-corrected chi connectivity index (χ4v) is 1.54. The maximum absolute atomic E-state index is 11.5. The Hall–Kier alpha value is -0.280. The van der Waals surface area contributed by atoms with Crippen LogP contribution in [-0.2, 0) is 9.53 Å². The highest BCUT2D eigenvalue weighted by Crippen LogP contribution is 2.26. The number of piperidine rings is 1. The number of nitrogens with one attached hydrogen (secondary N) is 1. The van der Waals surface area contributed by atoms with Crippen molar-refractivity contribution in [2.45, 2.75) is 26.7 Å². The molecule has 13 heavy (non-hydrogen) atoms. The monoisotopic (exact) mass is 207 g/mol. The summed E-state index contributed by atoms with van der Waals surface area (Å²) in [4.78, 5) is 11.5. The minimum absolute atomic E-state index is 0. The summed E-state index contributed by atoms with van der Waals surface area (Å²) in [6.45, 7) is 6.07. The Morgan fingerprint density at radius 2 is 2.31 bits per heavy atom. The van der Waals surface area contributed by atoms with E-state index in [2.05, 4.69) is 5.32 Å². The lowest BCUT2D eigenvalue weighted by atomic mass is 9.83. The maximum atomic E-state index is 11.5. The van der Waals surface area contributed by atoms with E-state index in [1.54, 1.807) is 0 Å². The quantitative estimate of drug-likeness (QED) is 0.695. The smallest absolute Gasteiger partial charge is 0.313 e. The molecule has 1 rings (SSSR count). The van der Waals surface area contributed by atoms with Crippen LogP contribution in [0, 0.1) is 5.41 Å². The summed E-state index contributed by atoms with van der Waals surface area (Å²) in [6, 6.07) is 0. The van der Waals surface area contributed by atoms with Crippen LogP contribution in [0.1, 0.15) is 26.7 Å². The van der Waals surface area contributed by atoms with Crippen molar-refractivity contribution in [1.29, 1.82) is 0 Å². The molecule has 1 heterocycles. The van der Waals surface area contributed by atoms with Gasteiger partial charge in [-0.3, -0.25) is 4.79 Å². The average molecular weight is 208 g/mol. The van der Waals surface area contributed by atoms with Crippen LogP contribution in [0.4, 0.5) is 0 Å². The molecule has 0 aromatic heterocycles. The summed E-state index contributed by atoms with van der Waals surface area (Å²) < 4.78 is 5.01. The molecule has 1 N–H and O–H groups in total. The van der Waals surface area contributed by atoms with E-state index in [9.17, 15) is 4.79 Å². The molecule has 1 saturated heterocycles. The lowest BCUT2D eigenvalue weighted by Gasteiger charge is -2.31. The van der Waals surface area contributed by atoms with E-state index in [1.165, 1.54) is 0 Å². The molecule has 0 radical (unpaired) electrons. The molecule has 0 bridgehead atoms. The lowest BCUT2D eigenvalue weighted by Crippen LogP contribution is -2.44. The first-order valence-electron chi connectivity index (χ1n) is 4.57. The van der Waals surface area contributed by atoms with Crippen molar-refractivity contribution in [3.8, 4) is 0 Å². The number of carbonyl (C=O) groups excluding carboxylic acids is 1. The van der Waals surface area contributed by atoms with Crippen molar-refractivity contribution >= 4 is 18.4 Å². The second-order valence-corrected chi connectivity index (χ2v) is 3.56. The van der Waals surface area contributed by atoms with E-state index in [-0.39, 0.29) is 23.8 Å². The number of rotatable bonds is 2. The maximum Gasteiger partial charge on any atom is 0.313 e. The molecule has 1 aliphatic heterocycles. The van der Waals surface area contributed by atoms with Gasteiger partial charge in [0.15, 0.2) is 0 Å². The Balaban J connectivity index is 0.00000144. The van der Waals surface area contributed by atoms with Crippen molar-refractivity contribution in [3.63, 3.8) is 0 Å². The Morgan fingerprint density at radius 1 is 1.62 bits per heavy atom. The number of hydrogen-bond acceptors (Lipinski definition) is 3. The molecule has 0 amide bonds. The molecule has 0 aromatic carbocycles. The number of ether oxygens (including phenoxy) is 1. The first-order chi connectivity index (χ1) is 5.69. The molecule has 0 unspecified atom stereocenters. The number of carbonyl (C=O) groups is 1. The van der Waals surface area contributed by atoms with Crippen molar-refractivity contribution < 1.29 is 9.53 Å². The number of hydrogen-bond donors (Lipinski definition) is 1. The zero-order chi connectivity index (χ0) is 9.03. The number of esters is 1. The van der Waals surface area contributed by atoms with E-state index in [0.717, 1.165) is 25.9 Å². The topological polar surface area (TPSA) is 38.3 Å². The third kappa shape index (κ3) is 3.16. The largest absolute Gasteiger partial charge is 0.466 e. The summed E-state index contributed by atoms with van der Waals surface area (Å²) in [7, 11) is 0. The molecule has 3 nitrogen and oxygen atoms in total. The Morgan fingerprint density at radius 3 is 2.77 bits per heavy atom. The van der Waals surface area contributed by atoms with Gasteiger partial charge in [0.2, 0.25) is 0 Å². The van der Waals surface area contributed by atoms with Gasteiger partial charge < -0.3 is 10.1 Å². The van der Waals surface area contributed by atoms with Gasteiger partial charge in [0.05, 0.1) is 12.0 Å².